The molecule has 0 radical (unpaired) electrons. The molecule has 0 aliphatic carbocycles. The first-order chi connectivity index (χ1) is 24.4. The van der Waals surface area contributed by atoms with Gasteiger partial charge in [-0.3, -0.25) is 9.36 Å². The second-order valence-electron chi connectivity index (χ2n) is 10.8. The maximum Gasteiger partial charge on any atom is 0.433 e. The second-order valence-corrected chi connectivity index (χ2v) is 12.8. The Balaban J connectivity index is 1.41. The van der Waals surface area contributed by atoms with E-state index in [1.54, 1.807) is 68.4 Å². The van der Waals surface area contributed by atoms with Crippen molar-refractivity contribution in [2.24, 2.45) is 4.99 Å². The predicted octanol–water partition coefficient (Wildman–Crippen LogP) is 6.04. The van der Waals surface area contributed by atoms with Crippen LogP contribution in [0, 0.1) is 0 Å². The summed E-state index contributed by atoms with van der Waals surface area (Å²) in [5.74, 6) is 0.546. The van der Waals surface area contributed by atoms with Crippen molar-refractivity contribution in [2.75, 3.05) is 27.9 Å². The number of carbonyl (C=O) groups is 1. The molecular formula is C35H29F3N4O7S2. The number of thiazole rings is 1. The minimum Gasteiger partial charge on any atom is -0.493 e. The third-order valence-corrected chi connectivity index (χ3v) is 9.42. The van der Waals surface area contributed by atoms with Crippen molar-refractivity contribution in [2.45, 2.75) is 36.3 Å². The number of furan rings is 1. The molecule has 5 aromatic rings. The Labute approximate surface area is 296 Å². The van der Waals surface area contributed by atoms with Crippen molar-refractivity contribution in [3.63, 3.8) is 0 Å². The minimum atomic E-state index is -4.70. The zero-order chi connectivity index (χ0) is 36.4. The fraction of sp³-hybridized carbons (Fsp3) is 0.229. The molecule has 6 rings (SSSR count). The molecule has 0 saturated carbocycles. The van der Waals surface area contributed by atoms with E-state index >= 15 is 0 Å². The first-order valence-corrected chi connectivity index (χ1v) is 16.9. The smallest absolute Gasteiger partial charge is 0.433 e. The van der Waals surface area contributed by atoms with Gasteiger partial charge < -0.3 is 23.4 Å². The molecule has 264 valence electrons. The van der Waals surface area contributed by atoms with Crippen LogP contribution in [0.1, 0.15) is 36.9 Å². The lowest BCUT2D eigenvalue weighted by Gasteiger charge is -2.26. The summed E-state index contributed by atoms with van der Waals surface area (Å²) in [6.45, 7) is 3.43. The highest BCUT2D eigenvalue weighted by atomic mass is 32.2. The van der Waals surface area contributed by atoms with Crippen molar-refractivity contribution in [1.29, 1.82) is 0 Å². The van der Waals surface area contributed by atoms with Crippen LogP contribution < -0.4 is 29.1 Å². The standard InChI is InChI=1S/C35H29F3N4O7S2/c1-6-48-32(44)28-18(2)39-34-42(29(28)20-14-23(45-3)30(47-5)24(15-20)46-4)31(43)25(50-34)16-21-12-13-27(49-21)51-33-40-22(19-10-8-7-9-11-19)17-26(41-33)35(36,37)38/h7-17,29H,6H2,1-5H3/b25-16+/t29-/m1/s1. The molecule has 0 N–H and O–H groups in total. The van der Waals surface area contributed by atoms with Gasteiger partial charge >= 0.3 is 12.1 Å². The van der Waals surface area contributed by atoms with Crippen LogP contribution in [-0.2, 0) is 15.7 Å². The summed E-state index contributed by atoms with van der Waals surface area (Å²) in [6, 6.07) is 14.8. The lowest BCUT2D eigenvalue weighted by Crippen LogP contribution is -2.40. The number of hydrogen-bond donors (Lipinski definition) is 0. The highest BCUT2D eigenvalue weighted by Crippen LogP contribution is 2.42. The molecule has 0 spiro atoms. The van der Waals surface area contributed by atoms with Gasteiger partial charge in [0.25, 0.3) is 5.56 Å². The van der Waals surface area contributed by atoms with Crippen LogP contribution in [0.3, 0.4) is 0 Å². The normalized spacial score (nSPS) is 14.6. The van der Waals surface area contributed by atoms with E-state index in [1.165, 1.54) is 32.0 Å². The van der Waals surface area contributed by atoms with Crippen LogP contribution >= 0.6 is 23.1 Å². The van der Waals surface area contributed by atoms with E-state index in [0.29, 0.717) is 38.9 Å². The number of methoxy groups -OCH3 is 3. The van der Waals surface area contributed by atoms with Crippen LogP contribution in [0.5, 0.6) is 17.2 Å². The van der Waals surface area contributed by atoms with Gasteiger partial charge in [-0.15, -0.1) is 0 Å². The quantitative estimate of drug-likeness (QED) is 0.124. The summed E-state index contributed by atoms with van der Waals surface area (Å²) in [5.41, 5.74) is 0.00546. The Morgan fingerprint density at radius 1 is 1.02 bits per heavy atom. The molecule has 0 amide bonds. The van der Waals surface area contributed by atoms with E-state index in [-0.39, 0.29) is 38.4 Å². The van der Waals surface area contributed by atoms with Crippen molar-refractivity contribution >= 4 is 35.1 Å². The maximum atomic E-state index is 14.1. The molecule has 0 saturated heterocycles. The van der Waals surface area contributed by atoms with E-state index < -0.39 is 29.4 Å². The Bertz CT molecular complexity index is 2310. The number of rotatable bonds is 10. The zero-order valence-corrected chi connectivity index (χ0v) is 29.4. The van der Waals surface area contributed by atoms with Gasteiger partial charge in [-0.1, -0.05) is 41.7 Å². The van der Waals surface area contributed by atoms with Gasteiger partial charge in [0, 0.05) is 11.6 Å². The fourth-order valence-electron chi connectivity index (χ4n) is 5.42. The number of allylic oxidation sites excluding steroid dienone is 1. The molecule has 0 unspecified atom stereocenters. The second kappa shape index (κ2) is 14.5. The molecule has 4 heterocycles. The van der Waals surface area contributed by atoms with Gasteiger partial charge in [-0.2, -0.15) is 13.2 Å². The Kier molecular flexibility index (Phi) is 10.1. The summed E-state index contributed by atoms with van der Waals surface area (Å²) in [4.78, 5) is 40.4. The summed E-state index contributed by atoms with van der Waals surface area (Å²) >= 11 is 1.88. The van der Waals surface area contributed by atoms with Crippen LogP contribution in [0.2, 0.25) is 0 Å². The molecule has 1 atom stereocenters. The number of fused-ring (bicyclic) bond motifs is 1. The number of carbonyl (C=O) groups excluding carboxylic acids is 1. The largest absolute Gasteiger partial charge is 0.493 e. The van der Waals surface area contributed by atoms with Crippen molar-refractivity contribution in [3.05, 3.63) is 109 Å². The summed E-state index contributed by atoms with van der Waals surface area (Å²) < 4.78 is 70.7. The Morgan fingerprint density at radius 3 is 2.35 bits per heavy atom. The molecule has 2 aromatic carbocycles. The highest BCUT2D eigenvalue weighted by molar-refractivity contribution is 7.99. The average molecular weight is 739 g/mol. The van der Waals surface area contributed by atoms with Gasteiger partial charge in [-0.25, -0.2) is 19.8 Å². The number of nitrogens with zero attached hydrogens (tertiary/aromatic N) is 4. The van der Waals surface area contributed by atoms with Crippen molar-refractivity contribution < 1.29 is 41.3 Å². The first-order valence-electron chi connectivity index (χ1n) is 15.2. The summed E-state index contributed by atoms with van der Waals surface area (Å²) in [5, 5.41) is 0.0272. The van der Waals surface area contributed by atoms with E-state index in [4.69, 9.17) is 23.4 Å². The third-order valence-electron chi connectivity index (χ3n) is 7.65. The van der Waals surface area contributed by atoms with Gasteiger partial charge in [0.2, 0.25) is 5.75 Å². The highest BCUT2D eigenvalue weighted by Gasteiger charge is 2.36. The monoisotopic (exact) mass is 738 g/mol. The molecular weight excluding hydrogens is 710 g/mol. The average Bonchev–Trinajstić information content (AvgIpc) is 3.68. The molecule has 51 heavy (non-hydrogen) atoms. The van der Waals surface area contributed by atoms with Crippen LogP contribution in [0.4, 0.5) is 13.2 Å². The van der Waals surface area contributed by atoms with Crippen molar-refractivity contribution in [1.82, 2.24) is 14.5 Å². The Morgan fingerprint density at radius 2 is 1.73 bits per heavy atom. The lowest BCUT2D eigenvalue weighted by molar-refractivity contribution is -0.141. The number of esters is 1. The van der Waals surface area contributed by atoms with Gasteiger partial charge in [0.05, 0.1) is 55.5 Å². The number of hydrogen-bond acceptors (Lipinski definition) is 12. The summed E-state index contributed by atoms with van der Waals surface area (Å²) in [7, 11) is 4.37. The molecule has 1 aliphatic rings. The summed E-state index contributed by atoms with van der Waals surface area (Å²) in [6.07, 6.45) is -3.21. The van der Waals surface area contributed by atoms with E-state index in [2.05, 4.69) is 15.0 Å². The number of benzene rings is 2. The number of ether oxygens (including phenoxy) is 4. The van der Waals surface area contributed by atoms with Gasteiger partial charge in [0.1, 0.15) is 11.5 Å². The zero-order valence-electron chi connectivity index (χ0n) is 27.7. The first kappa shape index (κ1) is 35.5. The molecule has 1 aliphatic heterocycles. The molecule has 0 bridgehead atoms. The minimum absolute atomic E-state index is 0.0972. The third kappa shape index (κ3) is 7.14. The number of aromatic nitrogens is 3. The van der Waals surface area contributed by atoms with E-state index in [0.717, 1.165) is 29.2 Å². The van der Waals surface area contributed by atoms with Crippen LogP contribution in [0.25, 0.3) is 17.3 Å². The van der Waals surface area contributed by atoms with Gasteiger partial charge in [-0.05, 0) is 61.5 Å². The molecule has 0 fully saturated rings. The number of alkyl halides is 3. The van der Waals surface area contributed by atoms with Gasteiger partial charge in [0.15, 0.2) is 26.5 Å². The maximum absolute atomic E-state index is 14.1. The molecule has 3 aromatic heterocycles. The van der Waals surface area contributed by atoms with Crippen LogP contribution in [0.15, 0.2) is 96.4 Å². The number of halogens is 3. The Hall–Kier alpha value is -5.35. The predicted molar refractivity (Wildman–Crippen MR) is 182 cm³/mol. The van der Waals surface area contributed by atoms with Crippen molar-refractivity contribution in [3.8, 4) is 28.5 Å². The SMILES string of the molecule is CCOC(=O)C1=C(C)N=c2s/c(=C/c3ccc(Sc4nc(-c5ccccc5)cc(C(F)(F)F)n4)o3)c(=O)n2[C@@H]1c1cc(OC)c(OC)c(OC)c1. The van der Waals surface area contributed by atoms with E-state index in [1.807, 2.05) is 0 Å². The van der Waals surface area contributed by atoms with E-state index in [9.17, 15) is 22.8 Å². The lowest BCUT2D eigenvalue weighted by atomic mass is 9.95. The molecule has 16 heteroatoms. The fourth-order valence-corrected chi connectivity index (χ4v) is 7.19. The molecule has 11 nitrogen and oxygen atoms in total. The van der Waals surface area contributed by atoms with Crippen LogP contribution in [-0.4, -0.2) is 48.4 Å². The topological polar surface area (TPSA) is 127 Å².